The number of carbonyl (C=O) groups excluding carboxylic acids is 1. The zero-order valence-electron chi connectivity index (χ0n) is 19.4. The van der Waals surface area contributed by atoms with Gasteiger partial charge in [0.05, 0.1) is 6.54 Å². The van der Waals surface area contributed by atoms with Crippen molar-refractivity contribution in [2.45, 2.75) is 24.3 Å². The maximum atomic E-state index is 13.7. The normalized spacial score (nSPS) is 19.8. The lowest BCUT2D eigenvalue weighted by Crippen LogP contribution is -2.41. The molecule has 2 atom stereocenters. The van der Waals surface area contributed by atoms with Gasteiger partial charge in [-0.3, -0.25) is 0 Å². The third kappa shape index (κ3) is 5.51. The molecule has 184 valence electrons. The Balaban J connectivity index is 0.00000289. The highest BCUT2D eigenvalue weighted by Crippen LogP contribution is 2.37. The molecule has 0 saturated carbocycles. The molecular formula is C28H30F2IN3O. The number of carbonyl (C=O) groups is 1. The minimum absolute atomic E-state index is 0. The minimum Gasteiger partial charge on any atom is -0.323 e. The summed E-state index contributed by atoms with van der Waals surface area (Å²) in [6.07, 6.45) is 2.14. The van der Waals surface area contributed by atoms with E-state index in [-0.39, 0.29) is 47.6 Å². The molecule has 3 aromatic carbocycles. The van der Waals surface area contributed by atoms with Crippen LogP contribution >= 0.6 is 24.0 Å². The number of amides is 2. The van der Waals surface area contributed by atoms with Gasteiger partial charge in [0.1, 0.15) is 17.2 Å². The van der Waals surface area contributed by atoms with Gasteiger partial charge < -0.3 is 15.5 Å². The van der Waals surface area contributed by atoms with Gasteiger partial charge in [0.15, 0.2) is 0 Å². The molecule has 4 nitrogen and oxygen atoms in total. The zero-order chi connectivity index (χ0) is 23.5. The quantitative estimate of drug-likeness (QED) is 0.351. The van der Waals surface area contributed by atoms with Crippen molar-refractivity contribution >= 4 is 30.0 Å². The summed E-state index contributed by atoms with van der Waals surface area (Å²) in [4.78, 5) is 15.2. The summed E-state index contributed by atoms with van der Waals surface area (Å²) < 4.78 is 27.4. The number of hydrogen-bond acceptors (Lipinski definition) is 2. The predicted molar refractivity (Wildman–Crippen MR) is 144 cm³/mol. The van der Waals surface area contributed by atoms with Crippen molar-refractivity contribution in [3.63, 3.8) is 0 Å². The van der Waals surface area contributed by atoms with Crippen molar-refractivity contribution in [1.29, 1.82) is 0 Å². The molecule has 2 heterocycles. The zero-order valence-corrected chi connectivity index (χ0v) is 21.8. The molecule has 2 saturated heterocycles. The van der Waals surface area contributed by atoms with Crippen LogP contribution in [0.4, 0.5) is 13.6 Å². The summed E-state index contributed by atoms with van der Waals surface area (Å²) in [7, 11) is 0. The molecular weight excluding hydrogens is 559 g/mol. The summed E-state index contributed by atoms with van der Waals surface area (Å²) in [5.41, 5.74) is 1.89. The molecule has 2 unspecified atom stereocenters. The lowest BCUT2D eigenvalue weighted by molar-refractivity contribution is 0.211. The monoisotopic (exact) mass is 589 g/mol. The predicted octanol–water partition coefficient (Wildman–Crippen LogP) is 5.64. The van der Waals surface area contributed by atoms with E-state index in [9.17, 15) is 13.6 Å². The summed E-state index contributed by atoms with van der Waals surface area (Å²) >= 11 is 0. The molecule has 2 amide bonds. The fourth-order valence-corrected chi connectivity index (χ4v) is 5.39. The van der Waals surface area contributed by atoms with E-state index in [0.29, 0.717) is 19.0 Å². The topological polar surface area (TPSA) is 44.4 Å². The molecule has 2 aliphatic rings. The third-order valence-electron chi connectivity index (χ3n) is 7.20. The van der Waals surface area contributed by atoms with Gasteiger partial charge in [-0.05, 0) is 72.8 Å². The summed E-state index contributed by atoms with van der Waals surface area (Å²) in [5.74, 6) is 0.103. The molecule has 0 aromatic heterocycles. The average Bonchev–Trinajstić information content (AvgIpc) is 3.48. The molecule has 2 fully saturated rings. The first-order valence-electron chi connectivity index (χ1n) is 11.9. The fraction of sp³-hybridized carbons (Fsp3) is 0.321. The van der Waals surface area contributed by atoms with Crippen LogP contribution in [0.1, 0.15) is 35.4 Å². The standard InChI is InChI=1S/C28H29F2N3O.HI/c29-25-10-6-23(7-11-25)28(24-8-12-26(30)13-9-24)19-33(27(34)32-28)18-22(16-20-14-15-31-17-20)21-4-2-1-3-5-21;/h1-13,20,22,31H,14-19H2,(H,32,34);1H. The van der Waals surface area contributed by atoms with E-state index in [1.807, 2.05) is 23.1 Å². The molecule has 7 heteroatoms. The number of nitrogens with one attached hydrogen (secondary N) is 2. The molecule has 2 aliphatic heterocycles. The Bertz CT molecular complexity index is 1070. The van der Waals surface area contributed by atoms with E-state index in [0.717, 1.165) is 37.1 Å². The Kier molecular flexibility index (Phi) is 8.06. The minimum atomic E-state index is -0.880. The average molecular weight is 589 g/mol. The van der Waals surface area contributed by atoms with Crippen LogP contribution < -0.4 is 10.6 Å². The van der Waals surface area contributed by atoms with E-state index in [1.54, 1.807) is 24.3 Å². The summed E-state index contributed by atoms with van der Waals surface area (Å²) in [6.45, 7) is 3.01. The third-order valence-corrected chi connectivity index (χ3v) is 7.20. The van der Waals surface area contributed by atoms with Crippen LogP contribution in [0.5, 0.6) is 0 Å². The smallest absolute Gasteiger partial charge is 0.318 e. The summed E-state index contributed by atoms with van der Waals surface area (Å²) in [6, 6.07) is 22.6. The molecule has 35 heavy (non-hydrogen) atoms. The van der Waals surface area contributed by atoms with E-state index < -0.39 is 5.54 Å². The molecule has 0 radical (unpaired) electrons. The van der Waals surface area contributed by atoms with Gasteiger partial charge in [-0.2, -0.15) is 0 Å². The highest BCUT2D eigenvalue weighted by molar-refractivity contribution is 14.0. The molecule has 0 aliphatic carbocycles. The van der Waals surface area contributed by atoms with Gasteiger partial charge >= 0.3 is 6.03 Å². The SMILES string of the molecule is I.O=C1NC(c2ccc(F)cc2)(c2ccc(F)cc2)CN1CC(CC1CCNC1)c1ccccc1. The van der Waals surface area contributed by atoms with Gasteiger partial charge in [0, 0.05) is 12.5 Å². The first-order chi connectivity index (χ1) is 16.5. The van der Waals surface area contributed by atoms with Crippen molar-refractivity contribution < 1.29 is 13.6 Å². The van der Waals surface area contributed by atoms with Crippen LogP contribution in [0.2, 0.25) is 0 Å². The second kappa shape index (κ2) is 11.0. The van der Waals surface area contributed by atoms with Crippen LogP contribution in [0.25, 0.3) is 0 Å². The summed E-state index contributed by atoms with van der Waals surface area (Å²) in [5, 5.41) is 6.61. The lowest BCUT2D eigenvalue weighted by Gasteiger charge is -2.31. The van der Waals surface area contributed by atoms with E-state index in [2.05, 4.69) is 22.8 Å². The van der Waals surface area contributed by atoms with Gasteiger partial charge in [-0.25, -0.2) is 13.6 Å². The fourth-order valence-electron chi connectivity index (χ4n) is 5.39. The van der Waals surface area contributed by atoms with Gasteiger partial charge in [0.2, 0.25) is 0 Å². The maximum Gasteiger partial charge on any atom is 0.318 e. The largest absolute Gasteiger partial charge is 0.323 e. The van der Waals surface area contributed by atoms with Gasteiger partial charge in [0.25, 0.3) is 0 Å². The Labute approximate surface area is 222 Å². The first kappa shape index (κ1) is 25.6. The van der Waals surface area contributed by atoms with Crippen molar-refractivity contribution in [1.82, 2.24) is 15.5 Å². The van der Waals surface area contributed by atoms with E-state index in [1.165, 1.54) is 29.8 Å². The Hall–Kier alpha value is -2.52. The molecule has 0 bridgehead atoms. The van der Waals surface area contributed by atoms with Crippen LogP contribution in [0.15, 0.2) is 78.9 Å². The molecule has 2 N–H and O–H groups in total. The second-order valence-corrected chi connectivity index (χ2v) is 9.43. The number of nitrogens with zero attached hydrogens (tertiary/aromatic N) is 1. The molecule has 0 spiro atoms. The first-order valence-corrected chi connectivity index (χ1v) is 11.9. The lowest BCUT2D eigenvalue weighted by atomic mass is 9.83. The van der Waals surface area contributed by atoms with Crippen LogP contribution in [0, 0.1) is 17.6 Å². The molecule has 3 aromatic rings. The second-order valence-electron chi connectivity index (χ2n) is 9.43. The number of hydrogen-bond donors (Lipinski definition) is 2. The van der Waals surface area contributed by atoms with Crippen molar-refractivity contribution in [2.75, 3.05) is 26.2 Å². The van der Waals surface area contributed by atoms with Crippen LogP contribution in [0.3, 0.4) is 0 Å². The highest BCUT2D eigenvalue weighted by atomic mass is 127. The highest BCUT2D eigenvalue weighted by Gasteiger charge is 2.46. The Morgan fingerprint density at radius 3 is 2.06 bits per heavy atom. The van der Waals surface area contributed by atoms with Gasteiger partial charge in [-0.15, -0.1) is 24.0 Å². The number of rotatable bonds is 7. The Morgan fingerprint density at radius 2 is 1.51 bits per heavy atom. The van der Waals surface area contributed by atoms with Crippen LogP contribution in [-0.2, 0) is 5.54 Å². The maximum absolute atomic E-state index is 13.7. The van der Waals surface area contributed by atoms with Crippen molar-refractivity contribution in [3.05, 3.63) is 107 Å². The van der Waals surface area contributed by atoms with E-state index in [4.69, 9.17) is 0 Å². The van der Waals surface area contributed by atoms with Crippen LogP contribution in [-0.4, -0.2) is 37.1 Å². The van der Waals surface area contributed by atoms with Gasteiger partial charge in [-0.1, -0.05) is 54.6 Å². The number of halogens is 3. The van der Waals surface area contributed by atoms with Crippen molar-refractivity contribution in [2.24, 2.45) is 5.92 Å². The van der Waals surface area contributed by atoms with E-state index >= 15 is 0 Å². The Morgan fingerprint density at radius 1 is 0.914 bits per heavy atom. The number of urea groups is 1. The number of benzene rings is 3. The van der Waals surface area contributed by atoms with Crippen molar-refractivity contribution in [3.8, 4) is 0 Å². The molecule has 5 rings (SSSR count).